The molecule has 0 aliphatic heterocycles. The largest absolute Gasteiger partial charge is 0.337 e. The summed E-state index contributed by atoms with van der Waals surface area (Å²) in [6.45, 7) is 10.1. The van der Waals surface area contributed by atoms with Gasteiger partial charge < -0.3 is 9.98 Å². The van der Waals surface area contributed by atoms with Crippen molar-refractivity contribution >= 4 is 6.21 Å². The zero-order valence-electron chi connectivity index (χ0n) is 10.3. The molecule has 1 aromatic rings. The van der Waals surface area contributed by atoms with Crippen molar-refractivity contribution in [3.63, 3.8) is 0 Å². The first-order valence-corrected chi connectivity index (χ1v) is 5.30. The minimum absolute atomic E-state index is 0.782. The number of aryl methyl sites for hydroxylation is 1. The van der Waals surface area contributed by atoms with Crippen LogP contribution in [0.4, 0.5) is 0 Å². The van der Waals surface area contributed by atoms with Crippen molar-refractivity contribution < 1.29 is 0 Å². The summed E-state index contributed by atoms with van der Waals surface area (Å²) in [6.07, 6.45) is 3.96. The Morgan fingerprint density at radius 1 is 1.36 bits per heavy atom. The van der Waals surface area contributed by atoms with Gasteiger partial charge in [0, 0.05) is 19.0 Å². The summed E-state index contributed by atoms with van der Waals surface area (Å²) in [7, 11) is 1.94. The van der Waals surface area contributed by atoms with Crippen LogP contribution < -0.4 is 0 Å². The van der Waals surface area contributed by atoms with Gasteiger partial charge in [0.1, 0.15) is 5.69 Å². The Kier molecular flexibility index (Phi) is 10.9. The number of nitrogens with one attached hydrogen (secondary N) is 1. The highest BCUT2D eigenvalue weighted by molar-refractivity contribution is 5.75. The van der Waals surface area contributed by atoms with Gasteiger partial charge in [0.2, 0.25) is 0 Å². The Labute approximate surface area is 87.7 Å². The van der Waals surface area contributed by atoms with E-state index in [2.05, 4.69) is 11.9 Å². The fourth-order valence-corrected chi connectivity index (χ4v) is 1.02. The van der Waals surface area contributed by atoms with E-state index in [9.17, 15) is 0 Å². The Hall–Kier alpha value is -1.12. The van der Waals surface area contributed by atoms with E-state index >= 15 is 0 Å². The molecule has 0 aliphatic rings. The van der Waals surface area contributed by atoms with Crippen molar-refractivity contribution in [2.75, 3.05) is 0 Å². The second kappa shape index (κ2) is 9.96. The van der Waals surface area contributed by atoms with E-state index in [1.807, 2.05) is 39.3 Å². The van der Waals surface area contributed by atoms with Crippen LogP contribution in [0.1, 0.15) is 46.0 Å². The van der Waals surface area contributed by atoms with Crippen LogP contribution in [-0.2, 0) is 13.5 Å². The molecule has 0 unspecified atom stereocenters. The summed E-state index contributed by atoms with van der Waals surface area (Å²) in [4.78, 5) is 4.02. The number of hydrogen-bond donors (Lipinski definition) is 1. The van der Waals surface area contributed by atoms with Crippen molar-refractivity contribution in [2.24, 2.45) is 7.05 Å². The molecule has 82 valence electrons. The normalized spacial score (nSPS) is 7.86. The Balaban J connectivity index is 0. The fraction of sp³-hybridized carbons (Fsp3) is 0.636. The molecule has 0 aliphatic carbocycles. The van der Waals surface area contributed by atoms with Crippen molar-refractivity contribution in [2.45, 2.75) is 41.0 Å². The van der Waals surface area contributed by atoms with E-state index in [0.29, 0.717) is 0 Å². The van der Waals surface area contributed by atoms with E-state index in [1.165, 1.54) is 6.21 Å². The molecule has 14 heavy (non-hydrogen) atoms. The van der Waals surface area contributed by atoms with Crippen molar-refractivity contribution in [1.82, 2.24) is 9.55 Å². The SMILES string of the molecule is CC.CC.CCc1c(C=N)ncn1C. The zero-order valence-corrected chi connectivity index (χ0v) is 10.3. The molecule has 0 fully saturated rings. The van der Waals surface area contributed by atoms with Gasteiger partial charge in [-0.2, -0.15) is 0 Å². The highest BCUT2D eigenvalue weighted by Crippen LogP contribution is 2.02. The van der Waals surface area contributed by atoms with Gasteiger partial charge >= 0.3 is 0 Å². The topological polar surface area (TPSA) is 41.7 Å². The van der Waals surface area contributed by atoms with Gasteiger partial charge in [0.05, 0.1) is 6.33 Å². The first kappa shape index (κ1) is 15.4. The smallest absolute Gasteiger partial charge is 0.102 e. The lowest BCUT2D eigenvalue weighted by molar-refractivity contribution is 0.832. The van der Waals surface area contributed by atoms with Gasteiger partial charge in [0.15, 0.2) is 0 Å². The van der Waals surface area contributed by atoms with E-state index in [0.717, 1.165) is 17.8 Å². The van der Waals surface area contributed by atoms with Gasteiger partial charge in [0.25, 0.3) is 0 Å². The highest BCUT2D eigenvalue weighted by Gasteiger charge is 2.01. The van der Waals surface area contributed by atoms with Crippen LogP contribution in [0.2, 0.25) is 0 Å². The average molecular weight is 197 g/mol. The third-order valence-corrected chi connectivity index (χ3v) is 1.56. The summed E-state index contributed by atoms with van der Waals surface area (Å²) >= 11 is 0. The Bertz CT molecular complexity index is 239. The molecular weight excluding hydrogens is 174 g/mol. The first-order chi connectivity index (χ1) is 6.79. The van der Waals surface area contributed by atoms with Gasteiger partial charge in [-0.3, -0.25) is 0 Å². The summed E-state index contributed by atoms with van der Waals surface area (Å²) in [5.41, 5.74) is 1.90. The molecule has 0 amide bonds. The molecular formula is C11H23N3. The van der Waals surface area contributed by atoms with Gasteiger partial charge in [-0.1, -0.05) is 34.6 Å². The molecule has 0 bridgehead atoms. The van der Waals surface area contributed by atoms with Crippen LogP contribution in [0, 0.1) is 5.41 Å². The Morgan fingerprint density at radius 2 is 1.86 bits per heavy atom. The molecule has 1 N–H and O–H groups in total. The predicted molar refractivity (Wildman–Crippen MR) is 63.2 cm³/mol. The minimum Gasteiger partial charge on any atom is -0.337 e. The zero-order chi connectivity index (χ0) is 11.6. The third kappa shape index (κ3) is 4.21. The van der Waals surface area contributed by atoms with Crippen LogP contribution in [0.15, 0.2) is 6.33 Å². The molecule has 1 rings (SSSR count). The van der Waals surface area contributed by atoms with Gasteiger partial charge in [-0.15, -0.1) is 0 Å². The molecule has 0 atom stereocenters. The van der Waals surface area contributed by atoms with Crippen LogP contribution in [-0.4, -0.2) is 15.8 Å². The quantitative estimate of drug-likeness (QED) is 0.727. The molecule has 0 radical (unpaired) electrons. The average Bonchev–Trinajstić information content (AvgIpc) is 2.64. The number of nitrogens with zero attached hydrogens (tertiary/aromatic N) is 2. The summed E-state index contributed by atoms with van der Waals surface area (Å²) < 4.78 is 1.94. The van der Waals surface area contributed by atoms with E-state index < -0.39 is 0 Å². The summed E-state index contributed by atoms with van der Waals surface area (Å²) in [5, 5.41) is 7.00. The third-order valence-electron chi connectivity index (χ3n) is 1.56. The van der Waals surface area contributed by atoms with Crippen molar-refractivity contribution in [3.05, 3.63) is 17.7 Å². The van der Waals surface area contributed by atoms with E-state index in [4.69, 9.17) is 5.41 Å². The monoisotopic (exact) mass is 197 g/mol. The van der Waals surface area contributed by atoms with Crippen LogP contribution in [0.3, 0.4) is 0 Å². The lowest BCUT2D eigenvalue weighted by atomic mass is 10.3. The second-order valence-corrected chi connectivity index (χ2v) is 2.19. The number of imidazole rings is 1. The lowest BCUT2D eigenvalue weighted by Gasteiger charge is -1.96. The van der Waals surface area contributed by atoms with Gasteiger partial charge in [-0.25, -0.2) is 4.98 Å². The Morgan fingerprint density at radius 3 is 2.14 bits per heavy atom. The molecule has 0 saturated carbocycles. The maximum Gasteiger partial charge on any atom is 0.102 e. The molecule has 0 spiro atoms. The maximum atomic E-state index is 7.00. The summed E-state index contributed by atoms with van der Waals surface area (Å²) in [6, 6.07) is 0. The van der Waals surface area contributed by atoms with E-state index in [1.54, 1.807) is 6.33 Å². The molecule has 1 aromatic heterocycles. The van der Waals surface area contributed by atoms with Crippen LogP contribution in [0.25, 0.3) is 0 Å². The maximum absolute atomic E-state index is 7.00. The molecule has 3 heteroatoms. The van der Waals surface area contributed by atoms with Crippen LogP contribution >= 0.6 is 0 Å². The first-order valence-electron chi connectivity index (χ1n) is 5.30. The number of hydrogen-bond acceptors (Lipinski definition) is 2. The summed E-state index contributed by atoms with van der Waals surface area (Å²) in [5.74, 6) is 0. The number of aromatic nitrogens is 2. The molecule has 3 nitrogen and oxygen atoms in total. The van der Waals surface area contributed by atoms with Gasteiger partial charge in [-0.05, 0) is 6.42 Å². The number of rotatable bonds is 2. The van der Waals surface area contributed by atoms with Crippen molar-refractivity contribution in [1.29, 1.82) is 5.41 Å². The predicted octanol–water partition coefficient (Wildman–Crippen LogP) is 3.03. The molecule has 0 saturated heterocycles. The molecule has 1 heterocycles. The minimum atomic E-state index is 0.782. The lowest BCUT2D eigenvalue weighted by Crippen LogP contribution is -1.95. The standard InChI is InChI=1S/C7H11N3.2C2H6/c1-3-7-6(4-8)9-5-10(7)2;2*1-2/h4-5,8H,3H2,1-2H3;2*1-2H3. The van der Waals surface area contributed by atoms with Crippen molar-refractivity contribution in [3.8, 4) is 0 Å². The van der Waals surface area contributed by atoms with E-state index in [-0.39, 0.29) is 0 Å². The molecule has 0 aromatic carbocycles. The second-order valence-electron chi connectivity index (χ2n) is 2.19. The van der Waals surface area contributed by atoms with Crippen LogP contribution in [0.5, 0.6) is 0 Å². The fourth-order valence-electron chi connectivity index (χ4n) is 1.02. The highest BCUT2D eigenvalue weighted by atomic mass is 15.0.